The summed E-state index contributed by atoms with van der Waals surface area (Å²) in [5.74, 6) is -2.39. The summed E-state index contributed by atoms with van der Waals surface area (Å²) in [4.78, 5) is 10.9. The van der Waals surface area contributed by atoms with Crippen molar-refractivity contribution >= 4 is 11.7 Å². The lowest BCUT2D eigenvalue weighted by atomic mass is 9.83. The molecule has 3 nitrogen and oxygen atoms in total. The SMILES string of the molecule is Cc1cc(C(=O)O)ccc1NC1CCCCC1C(F)(F)F. The van der Waals surface area contributed by atoms with Crippen LogP contribution in [-0.2, 0) is 0 Å². The number of aromatic carboxylic acids is 1. The molecule has 0 aliphatic heterocycles. The van der Waals surface area contributed by atoms with E-state index in [0.717, 1.165) is 6.42 Å². The molecule has 0 heterocycles. The fourth-order valence-electron chi connectivity index (χ4n) is 2.85. The fourth-order valence-corrected chi connectivity index (χ4v) is 2.85. The number of nitrogens with one attached hydrogen (secondary N) is 1. The first-order chi connectivity index (χ1) is 9.79. The lowest BCUT2D eigenvalue weighted by Gasteiger charge is -2.34. The molecule has 2 unspecified atom stereocenters. The monoisotopic (exact) mass is 301 g/mol. The van der Waals surface area contributed by atoms with E-state index in [-0.39, 0.29) is 12.0 Å². The van der Waals surface area contributed by atoms with Crippen LogP contribution in [0.3, 0.4) is 0 Å². The van der Waals surface area contributed by atoms with Gasteiger partial charge in [0.15, 0.2) is 0 Å². The molecule has 2 N–H and O–H groups in total. The standard InChI is InChI=1S/C15H18F3NO2/c1-9-8-10(14(20)21)6-7-12(9)19-13-5-3-2-4-11(13)15(16,17)18/h6-8,11,13,19H,2-5H2,1H3,(H,20,21). The van der Waals surface area contributed by atoms with Crippen molar-refractivity contribution in [3.05, 3.63) is 29.3 Å². The van der Waals surface area contributed by atoms with Crippen molar-refractivity contribution in [1.29, 1.82) is 0 Å². The number of anilines is 1. The van der Waals surface area contributed by atoms with Gasteiger partial charge >= 0.3 is 12.1 Å². The molecule has 0 bridgehead atoms. The van der Waals surface area contributed by atoms with Crippen molar-refractivity contribution in [3.8, 4) is 0 Å². The number of benzene rings is 1. The van der Waals surface area contributed by atoms with E-state index in [2.05, 4.69) is 5.32 Å². The Bertz CT molecular complexity index is 528. The van der Waals surface area contributed by atoms with Crippen molar-refractivity contribution < 1.29 is 23.1 Å². The van der Waals surface area contributed by atoms with Crippen LogP contribution in [0.1, 0.15) is 41.6 Å². The zero-order chi connectivity index (χ0) is 15.6. The molecular formula is C15H18F3NO2. The number of carboxylic acid groups (broad SMARTS) is 1. The first-order valence-electron chi connectivity index (χ1n) is 6.96. The van der Waals surface area contributed by atoms with Crippen LogP contribution in [0.15, 0.2) is 18.2 Å². The zero-order valence-corrected chi connectivity index (χ0v) is 11.7. The second-order valence-corrected chi connectivity index (χ2v) is 5.52. The highest BCUT2D eigenvalue weighted by Gasteiger charge is 2.45. The third kappa shape index (κ3) is 3.68. The second kappa shape index (κ2) is 5.95. The maximum absolute atomic E-state index is 13.0. The summed E-state index contributed by atoms with van der Waals surface area (Å²) < 4.78 is 39.1. The molecule has 6 heteroatoms. The van der Waals surface area contributed by atoms with Gasteiger partial charge in [-0.3, -0.25) is 0 Å². The molecule has 0 amide bonds. The molecule has 1 aliphatic carbocycles. The molecule has 1 aromatic carbocycles. The number of hydrogen-bond acceptors (Lipinski definition) is 2. The van der Waals surface area contributed by atoms with E-state index in [1.54, 1.807) is 13.0 Å². The minimum Gasteiger partial charge on any atom is -0.478 e. The van der Waals surface area contributed by atoms with E-state index in [0.29, 0.717) is 24.1 Å². The van der Waals surface area contributed by atoms with Crippen molar-refractivity contribution in [2.45, 2.75) is 44.8 Å². The van der Waals surface area contributed by atoms with Gasteiger partial charge in [-0.15, -0.1) is 0 Å². The van der Waals surface area contributed by atoms with Crippen LogP contribution < -0.4 is 5.32 Å². The molecule has 116 valence electrons. The Labute approximate surface area is 121 Å². The van der Waals surface area contributed by atoms with Crippen molar-refractivity contribution in [1.82, 2.24) is 0 Å². The number of carboxylic acids is 1. The Kier molecular flexibility index (Phi) is 4.44. The maximum Gasteiger partial charge on any atom is 0.393 e. The second-order valence-electron chi connectivity index (χ2n) is 5.52. The van der Waals surface area contributed by atoms with E-state index in [4.69, 9.17) is 5.11 Å². The molecule has 1 aromatic rings. The van der Waals surface area contributed by atoms with Crippen LogP contribution in [0.4, 0.5) is 18.9 Å². The molecule has 0 radical (unpaired) electrons. The summed E-state index contributed by atoms with van der Waals surface area (Å²) in [7, 11) is 0. The number of rotatable bonds is 3. The predicted octanol–water partition coefficient (Wildman–Crippen LogP) is 4.23. The maximum atomic E-state index is 13.0. The Balaban J connectivity index is 2.18. The topological polar surface area (TPSA) is 49.3 Å². The third-order valence-electron chi connectivity index (χ3n) is 4.00. The minimum atomic E-state index is -4.20. The van der Waals surface area contributed by atoms with Gasteiger partial charge in [-0.2, -0.15) is 13.2 Å². The molecule has 0 saturated heterocycles. The van der Waals surface area contributed by atoms with Crippen molar-refractivity contribution in [2.24, 2.45) is 5.92 Å². The molecule has 1 saturated carbocycles. The first kappa shape index (κ1) is 15.7. The highest BCUT2D eigenvalue weighted by Crippen LogP contribution is 2.39. The van der Waals surface area contributed by atoms with Gasteiger partial charge in [-0.05, 0) is 43.5 Å². The van der Waals surface area contributed by atoms with Crippen molar-refractivity contribution in [2.75, 3.05) is 5.32 Å². The number of hydrogen-bond donors (Lipinski definition) is 2. The zero-order valence-electron chi connectivity index (χ0n) is 11.7. The minimum absolute atomic E-state index is 0.133. The number of halogens is 3. The summed E-state index contributed by atoms with van der Waals surface area (Å²) in [6.45, 7) is 1.69. The van der Waals surface area contributed by atoms with E-state index in [9.17, 15) is 18.0 Å². The van der Waals surface area contributed by atoms with Crippen molar-refractivity contribution in [3.63, 3.8) is 0 Å². The molecule has 1 fully saturated rings. The quantitative estimate of drug-likeness (QED) is 0.878. The average molecular weight is 301 g/mol. The van der Waals surface area contributed by atoms with E-state index in [1.807, 2.05) is 0 Å². The summed E-state index contributed by atoms with van der Waals surface area (Å²) in [6.07, 6.45) is -2.21. The number of alkyl halides is 3. The van der Waals surface area contributed by atoms with E-state index in [1.165, 1.54) is 12.1 Å². The summed E-state index contributed by atoms with van der Waals surface area (Å²) >= 11 is 0. The van der Waals surface area contributed by atoms with E-state index < -0.39 is 24.1 Å². The Morgan fingerprint density at radius 2 is 1.95 bits per heavy atom. The first-order valence-corrected chi connectivity index (χ1v) is 6.96. The van der Waals surface area contributed by atoms with Crippen LogP contribution in [0.25, 0.3) is 0 Å². The Hall–Kier alpha value is -1.72. The fraction of sp³-hybridized carbons (Fsp3) is 0.533. The largest absolute Gasteiger partial charge is 0.478 e. The molecule has 2 rings (SSSR count). The molecule has 1 aliphatic rings. The number of carbonyl (C=O) groups is 1. The van der Waals surface area contributed by atoms with Gasteiger partial charge in [0.2, 0.25) is 0 Å². The van der Waals surface area contributed by atoms with Gasteiger partial charge < -0.3 is 10.4 Å². The lowest BCUT2D eigenvalue weighted by Crippen LogP contribution is -2.41. The van der Waals surface area contributed by atoms with Crippen LogP contribution in [0.2, 0.25) is 0 Å². The van der Waals surface area contributed by atoms with Gasteiger partial charge in [-0.25, -0.2) is 4.79 Å². The highest BCUT2D eigenvalue weighted by atomic mass is 19.4. The summed E-state index contributed by atoms with van der Waals surface area (Å²) in [5, 5.41) is 11.9. The Morgan fingerprint density at radius 3 is 2.52 bits per heavy atom. The molecule has 2 atom stereocenters. The van der Waals surface area contributed by atoms with E-state index >= 15 is 0 Å². The van der Waals surface area contributed by atoms with Gasteiger partial charge in [0, 0.05) is 11.7 Å². The van der Waals surface area contributed by atoms with Crippen LogP contribution >= 0.6 is 0 Å². The van der Waals surface area contributed by atoms with Gasteiger partial charge in [0.25, 0.3) is 0 Å². The third-order valence-corrected chi connectivity index (χ3v) is 4.00. The van der Waals surface area contributed by atoms with Crippen LogP contribution in [0, 0.1) is 12.8 Å². The number of aryl methyl sites for hydroxylation is 1. The summed E-state index contributed by atoms with van der Waals surface area (Å²) in [6, 6.07) is 3.77. The van der Waals surface area contributed by atoms with Gasteiger partial charge in [0.05, 0.1) is 11.5 Å². The lowest BCUT2D eigenvalue weighted by molar-refractivity contribution is -0.184. The average Bonchev–Trinajstić information content (AvgIpc) is 2.40. The molecule has 0 spiro atoms. The van der Waals surface area contributed by atoms with Gasteiger partial charge in [-0.1, -0.05) is 12.8 Å². The van der Waals surface area contributed by atoms with Crippen LogP contribution in [0.5, 0.6) is 0 Å². The molecular weight excluding hydrogens is 283 g/mol. The Morgan fingerprint density at radius 1 is 1.29 bits per heavy atom. The smallest absolute Gasteiger partial charge is 0.393 e. The highest BCUT2D eigenvalue weighted by molar-refractivity contribution is 5.88. The van der Waals surface area contributed by atoms with Crippen LogP contribution in [-0.4, -0.2) is 23.3 Å². The predicted molar refractivity (Wildman–Crippen MR) is 73.6 cm³/mol. The normalized spacial score (nSPS) is 22.9. The molecule has 0 aromatic heterocycles. The van der Waals surface area contributed by atoms with Gasteiger partial charge in [0.1, 0.15) is 0 Å². The summed E-state index contributed by atoms with van der Waals surface area (Å²) in [5.41, 5.74) is 1.34. The molecule has 21 heavy (non-hydrogen) atoms.